The van der Waals surface area contributed by atoms with Crippen molar-refractivity contribution in [3.8, 4) is 0 Å². The third-order valence-corrected chi connectivity index (χ3v) is 1.96. The van der Waals surface area contributed by atoms with Crippen LogP contribution in [0.25, 0.3) is 0 Å². The molecule has 1 aromatic rings. The average Bonchev–Trinajstić information content (AvgIpc) is 2.15. The van der Waals surface area contributed by atoms with Crippen molar-refractivity contribution in [2.24, 2.45) is 0 Å². The number of esters is 1. The van der Waals surface area contributed by atoms with Crippen molar-refractivity contribution in [3.63, 3.8) is 0 Å². The molecule has 0 aliphatic heterocycles. The largest absolute Gasteiger partial charge is 0.465 e. The van der Waals surface area contributed by atoms with Crippen LogP contribution in [0.3, 0.4) is 0 Å². The summed E-state index contributed by atoms with van der Waals surface area (Å²) in [5.74, 6) is -0.777. The second-order valence-electron chi connectivity index (χ2n) is 3.02. The van der Waals surface area contributed by atoms with E-state index in [1.54, 1.807) is 0 Å². The smallest absolute Gasteiger partial charge is 0.416 e. The number of benzene rings is 1. The molecule has 0 unspecified atom stereocenters. The van der Waals surface area contributed by atoms with E-state index in [9.17, 15) is 18.0 Å². The van der Waals surface area contributed by atoms with E-state index >= 15 is 0 Å². The summed E-state index contributed by atoms with van der Waals surface area (Å²) in [6.45, 7) is 1.34. The fraction of sp³-hybridized carbons (Fsp3) is 0.300. The summed E-state index contributed by atoms with van der Waals surface area (Å²) in [6.07, 6.45) is -4.45. The first kappa shape index (κ1) is 11.6. The molecule has 0 atom stereocenters. The van der Waals surface area contributed by atoms with Crippen LogP contribution in [-0.4, -0.2) is 13.1 Å². The van der Waals surface area contributed by atoms with E-state index in [-0.39, 0.29) is 11.1 Å². The zero-order valence-corrected chi connectivity index (χ0v) is 8.18. The number of methoxy groups -OCH3 is 1. The average molecular weight is 218 g/mol. The van der Waals surface area contributed by atoms with Gasteiger partial charge >= 0.3 is 12.1 Å². The Balaban J connectivity index is 3.23. The lowest BCUT2D eigenvalue weighted by Gasteiger charge is -2.11. The number of alkyl halides is 3. The van der Waals surface area contributed by atoms with Gasteiger partial charge in [-0.15, -0.1) is 0 Å². The van der Waals surface area contributed by atoms with Crippen molar-refractivity contribution in [1.82, 2.24) is 0 Å². The lowest BCUT2D eigenvalue weighted by molar-refractivity contribution is -0.138. The number of rotatable bonds is 1. The van der Waals surface area contributed by atoms with Gasteiger partial charge in [-0.25, -0.2) is 4.79 Å². The molecular weight excluding hydrogens is 209 g/mol. The first-order chi connectivity index (χ1) is 6.86. The van der Waals surface area contributed by atoms with E-state index < -0.39 is 17.7 Å². The Labute approximate surface area is 84.7 Å². The van der Waals surface area contributed by atoms with E-state index in [0.717, 1.165) is 13.2 Å². The van der Waals surface area contributed by atoms with Crippen molar-refractivity contribution in [2.75, 3.05) is 7.11 Å². The van der Waals surface area contributed by atoms with Gasteiger partial charge in [-0.1, -0.05) is 6.07 Å². The number of aryl methyl sites for hydroxylation is 1. The number of hydrogen-bond acceptors (Lipinski definition) is 2. The molecule has 1 rings (SSSR count). The third-order valence-electron chi connectivity index (χ3n) is 1.96. The molecule has 0 radical (unpaired) electrons. The summed E-state index contributed by atoms with van der Waals surface area (Å²) < 4.78 is 41.7. The maximum absolute atomic E-state index is 12.4. The van der Waals surface area contributed by atoms with Gasteiger partial charge in [0.25, 0.3) is 0 Å². The highest BCUT2D eigenvalue weighted by Crippen LogP contribution is 2.32. The normalized spacial score (nSPS) is 11.3. The lowest BCUT2D eigenvalue weighted by atomic mass is 10.0. The number of halogens is 3. The van der Waals surface area contributed by atoms with Gasteiger partial charge < -0.3 is 4.74 Å². The molecule has 82 valence electrons. The summed E-state index contributed by atoms with van der Waals surface area (Å²) in [6, 6.07) is 3.34. The molecule has 0 heterocycles. The molecule has 5 heteroatoms. The standard InChI is InChI=1S/C10H9F3O2/c1-6-3-4-7(9(14)15-2)5-8(6)10(11,12)13/h3-5H,1-2H3. The molecule has 0 N–H and O–H groups in total. The van der Waals surface area contributed by atoms with Crippen LogP contribution in [0.2, 0.25) is 0 Å². The minimum Gasteiger partial charge on any atom is -0.465 e. The van der Waals surface area contributed by atoms with Crippen molar-refractivity contribution in [1.29, 1.82) is 0 Å². The number of carbonyl (C=O) groups is 1. The van der Waals surface area contributed by atoms with Gasteiger partial charge in [0.15, 0.2) is 0 Å². The minimum atomic E-state index is -4.45. The second kappa shape index (κ2) is 3.92. The van der Waals surface area contributed by atoms with Gasteiger partial charge in [0.1, 0.15) is 0 Å². The Morgan fingerprint density at radius 1 is 1.33 bits per heavy atom. The molecule has 2 nitrogen and oxygen atoms in total. The van der Waals surface area contributed by atoms with Crippen LogP contribution in [0.15, 0.2) is 18.2 Å². The fourth-order valence-corrected chi connectivity index (χ4v) is 1.17. The summed E-state index contributed by atoms with van der Waals surface area (Å²) in [4.78, 5) is 11.0. The predicted molar refractivity (Wildman–Crippen MR) is 47.5 cm³/mol. The Kier molecular flexibility index (Phi) is 3.02. The third kappa shape index (κ3) is 2.49. The van der Waals surface area contributed by atoms with E-state index in [1.807, 2.05) is 0 Å². The van der Waals surface area contributed by atoms with Crippen molar-refractivity contribution < 1.29 is 22.7 Å². The van der Waals surface area contributed by atoms with E-state index in [0.29, 0.717) is 0 Å². The molecule has 0 saturated carbocycles. The quantitative estimate of drug-likeness (QED) is 0.677. The molecular formula is C10H9F3O2. The first-order valence-corrected chi connectivity index (χ1v) is 4.12. The molecule has 0 spiro atoms. The lowest BCUT2D eigenvalue weighted by Crippen LogP contribution is -2.10. The van der Waals surface area contributed by atoms with Gasteiger partial charge in [-0.3, -0.25) is 0 Å². The topological polar surface area (TPSA) is 26.3 Å². The van der Waals surface area contributed by atoms with E-state index in [2.05, 4.69) is 4.74 Å². The van der Waals surface area contributed by atoms with Gasteiger partial charge in [-0.2, -0.15) is 13.2 Å². The highest BCUT2D eigenvalue weighted by Gasteiger charge is 2.32. The number of carbonyl (C=O) groups excluding carboxylic acids is 1. The second-order valence-corrected chi connectivity index (χ2v) is 3.02. The van der Waals surface area contributed by atoms with Crippen LogP contribution in [-0.2, 0) is 10.9 Å². The number of hydrogen-bond donors (Lipinski definition) is 0. The summed E-state index contributed by atoms with van der Waals surface area (Å²) in [7, 11) is 1.12. The molecule has 0 amide bonds. The van der Waals surface area contributed by atoms with Crippen molar-refractivity contribution >= 4 is 5.97 Å². The SMILES string of the molecule is COC(=O)c1ccc(C)c(C(F)(F)F)c1. The monoisotopic (exact) mass is 218 g/mol. The van der Waals surface area contributed by atoms with Gasteiger partial charge in [-0.05, 0) is 24.6 Å². The summed E-state index contributed by atoms with van der Waals surface area (Å²) >= 11 is 0. The van der Waals surface area contributed by atoms with E-state index in [1.165, 1.54) is 19.1 Å². The maximum Gasteiger partial charge on any atom is 0.416 e. The van der Waals surface area contributed by atoms with Gasteiger partial charge in [0.2, 0.25) is 0 Å². The molecule has 1 aromatic carbocycles. The zero-order valence-electron chi connectivity index (χ0n) is 8.18. The Bertz CT molecular complexity index is 383. The van der Waals surface area contributed by atoms with Crippen LogP contribution < -0.4 is 0 Å². The van der Waals surface area contributed by atoms with Crippen molar-refractivity contribution in [2.45, 2.75) is 13.1 Å². The summed E-state index contributed by atoms with van der Waals surface area (Å²) in [5.41, 5.74) is -0.837. The molecule has 0 aliphatic rings. The van der Waals surface area contributed by atoms with Crippen molar-refractivity contribution in [3.05, 3.63) is 34.9 Å². The first-order valence-electron chi connectivity index (χ1n) is 4.12. The molecule has 0 saturated heterocycles. The summed E-state index contributed by atoms with van der Waals surface area (Å²) in [5, 5.41) is 0. The van der Waals surface area contributed by atoms with E-state index in [4.69, 9.17) is 0 Å². The van der Waals surface area contributed by atoms with Crippen LogP contribution in [0.5, 0.6) is 0 Å². The molecule has 0 aliphatic carbocycles. The Morgan fingerprint density at radius 2 is 1.93 bits per heavy atom. The molecule has 0 aromatic heterocycles. The van der Waals surface area contributed by atoms with Gasteiger partial charge in [0, 0.05) is 0 Å². The van der Waals surface area contributed by atoms with Crippen LogP contribution >= 0.6 is 0 Å². The molecule has 0 bridgehead atoms. The Hall–Kier alpha value is -1.52. The molecule has 15 heavy (non-hydrogen) atoms. The highest BCUT2D eigenvalue weighted by molar-refractivity contribution is 5.89. The zero-order chi connectivity index (χ0) is 11.6. The Morgan fingerprint density at radius 3 is 2.40 bits per heavy atom. The molecule has 0 fully saturated rings. The van der Waals surface area contributed by atoms with Crippen LogP contribution in [0, 0.1) is 6.92 Å². The predicted octanol–water partition coefficient (Wildman–Crippen LogP) is 2.80. The highest BCUT2D eigenvalue weighted by atomic mass is 19.4. The minimum absolute atomic E-state index is 0.0788. The number of ether oxygens (including phenoxy) is 1. The van der Waals surface area contributed by atoms with Crippen LogP contribution in [0.1, 0.15) is 21.5 Å². The maximum atomic E-state index is 12.4. The van der Waals surface area contributed by atoms with Crippen LogP contribution in [0.4, 0.5) is 13.2 Å². The fourth-order valence-electron chi connectivity index (χ4n) is 1.17. The van der Waals surface area contributed by atoms with Gasteiger partial charge in [0.05, 0.1) is 18.2 Å².